The van der Waals surface area contributed by atoms with Crippen molar-refractivity contribution in [3.8, 4) is 5.75 Å². The summed E-state index contributed by atoms with van der Waals surface area (Å²) in [4.78, 5) is 25.0. The Morgan fingerprint density at radius 3 is 2.21 bits per heavy atom. The maximum Gasteiger partial charge on any atom is 0.260 e. The summed E-state index contributed by atoms with van der Waals surface area (Å²) in [5, 5.41) is 0. The first kappa shape index (κ1) is 17.7. The Hall–Kier alpha value is -2.69. The van der Waals surface area contributed by atoms with Crippen LogP contribution >= 0.6 is 0 Å². The van der Waals surface area contributed by atoms with E-state index >= 15 is 0 Å². The van der Waals surface area contributed by atoms with Gasteiger partial charge in [-0.15, -0.1) is 0 Å². The van der Waals surface area contributed by atoms with Gasteiger partial charge in [-0.25, -0.2) is 4.39 Å². The van der Waals surface area contributed by atoms with E-state index in [1.807, 2.05) is 6.92 Å². The van der Waals surface area contributed by atoms with Gasteiger partial charge < -0.3 is 9.64 Å². The lowest BCUT2D eigenvalue weighted by Gasteiger charge is -2.25. The molecular weight excluding hydrogens is 309 g/mol. The molecule has 0 heterocycles. The first-order valence-corrected chi connectivity index (χ1v) is 7.63. The Labute approximate surface area is 140 Å². The predicted molar refractivity (Wildman–Crippen MR) is 89.5 cm³/mol. The first-order valence-electron chi connectivity index (χ1n) is 7.63. The number of ether oxygens (including phenoxy) is 1. The minimum Gasteiger partial charge on any atom is -0.484 e. The van der Waals surface area contributed by atoms with Gasteiger partial charge in [0.2, 0.25) is 0 Å². The molecular formula is C19H20FNO3. The van der Waals surface area contributed by atoms with Gasteiger partial charge >= 0.3 is 0 Å². The van der Waals surface area contributed by atoms with E-state index in [2.05, 4.69) is 0 Å². The van der Waals surface area contributed by atoms with Gasteiger partial charge in [0.25, 0.3) is 5.91 Å². The van der Waals surface area contributed by atoms with Crippen LogP contribution in [0.3, 0.4) is 0 Å². The van der Waals surface area contributed by atoms with E-state index in [0.717, 1.165) is 5.56 Å². The van der Waals surface area contributed by atoms with Crippen LogP contribution in [0.15, 0.2) is 48.5 Å². The van der Waals surface area contributed by atoms with Crippen molar-refractivity contribution in [2.24, 2.45) is 0 Å². The molecule has 24 heavy (non-hydrogen) atoms. The molecule has 0 saturated carbocycles. The van der Waals surface area contributed by atoms with Crippen molar-refractivity contribution < 1.29 is 18.7 Å². The van der Waals surface area contributed by atoms with E-state index in [0.29, 0.717) is 11.3 Å². The van der Waals surface area contributed by atoms with Gasteiger partial charge in [0, 0.05) is 12.6 Å². The summed E-state index contributed by atoms with van der Waals surface area (Å²) in [6.45, 7) is 3.25. The molecule has 2 rings (SSSR count). The number of rotatable bonds is 6. The average molecular weight is 329 g/mol. The normalized spacial score (nSPS) is 11.7. The van der Waals surface area contributed by atoms with E-state index < -0.39 is 0 Å². The number of halogens is 1. The molecule has 126 valence electrons. The second-order valence-corrected chi connectivity index (χ2v) is 5.60. The Morgan fingerprint density at radius 2 is 1.67 bits per heavy atom. The van der Waals surface area contributed by atoms with Gasteiger partial charge in [0.15, 0.2) is 12.4 Å². The molecule has 0 fully saturated rings. The molecule has 0 aromatic heterocycles. The molecule has 4 nitrogen and oxygen atoms in total. The molecule has 0 aliphatic heterocycles. The first-order chi connectivity index (χ1) is 11.4. The number of ketones is 1. The molecule has 1 atom stereocenters. The molecule has 2 aromatic carbocycles. The van der Waals surface area contributed by atoms with Crippen molar-refractivity contribution in [1.82, 2.24) is 4.90 Å². The number of benzene rings is 2. The quantitative estimate of drug-likeness (QED) is 0.760. The number of Topliss-reactive ketones (excluding diaryl/α,β-unsaturated/α-hetero) is 1. The monoisotopic (exact) mass is 329 g/mol. The molecule has 0 spiro atoms. The van der Waals surface area contributed by atoms with Gasteiger partial charge in [-0.3, -0.25) is 9.59 Å². The molecule has 0 radical (unpaired) electrons. The van der Waals surface area contributed by atoms with Crippen LogP contribution < -0.4 is 4.74 Å². The van der Waals surface area contributed by atoms with E-state index in [1.165, 1.54) is 19.1 Å². The largest absolute Gasteiger partial charge is 0.484 e. The number of carbonyl (C=O) groups excluding carboxylic acids is 2. The van der Waals surface area contributed by atoms with Crippen LogP contribution in [0, 0.1) is 5.82 Å². The lowest BCUT2D eigenvalue weighted by atomic mass is 10.1. The van der Waals surface area contributed by atoms with Crippen LogP contribution in [-0.2, 0) is 4.79 Å². The third-order valence-electron chi connectivity index (χ3n) is 3.95. The van der Waals surface area contributed by atoms with Crippen molar-refractivity contribution in [1.29, 1.82) is 0 Å². The highest BCUT2D eigenvalue weighted by atomic mass is 19.1. The van der Waals surface area contributed by atoms with Crippen LogP contribution in [0.2, 0.25) is 0 Å². The predicted octanol–water partition coefficient (Wildman–Crippen LogP) is 3.63. The molecule has 0 bridgehead atoms. The average Bonchev–Trinajstić information content (AvgIpc) is 2.59. The summed E-state index contributed by atoms with van der Waals surface area (Å²) < 4.78 is 18.4. The van der Waals surface area contributed by atoms with Gasteiger partial charge in [0.1, 0.15) is 11.6 Å². The summed E-state index contributed by atoms with van der Waals surface area (Å²) in [7, 11) is 1.68. The van der Waals surface area contributed by atoms with Crippen molar-refractivity contribution in [3.05, 3.63) is 65.5 Å². The highest BCUT2D eigenvalue weighted by Gasteiger charge is 2.18. The zero-order valence-electron chi connectivity index (χ0n) is 14.0. The number of hydrogen-bond donors (Lipinski definition) is 0. The van der Waals surface area contributed by atoms with Gasteiger partial charge in [-0.05, 0) is 55.8 Å². The fraction of sp³-hybridized carbons (Fsp3) is 0.263. The van der Waals surface area contributed by atoms with Crippen molar-refractivity contribution in [2.75, 3.05) is 13.7 Å². The number of nitrogens with zero attached hydrogens (tertiary/aromatic N) is 1. The third kappa shape index (κ3) is 4.41. The minimum atomic E-state index is -0.308. The van der Waals surface area contributed by atoms with E-state index in [1.54, 1.807) is 48.3 Å². The number of carbonyl (C=O) groups is 2. The molecule has 1 unspecified atom stereocenters. The van der Waals surface area contributed by atoms with E-state index in [-0.39, 0.29) is 30.2 Å². The minimum absolute atomic E-state index is 0.0227. The molecule has 0 saturated heterocycles. The molecule has 0 N–H and O–H groups in total. The second kappa shape index (κ2) is 7.73. The Morgan fingerprint density at radius 1 is 1.08 bits per heavy atom. The van der Waals surface area contributed by atoms with Gasteiger partial charge in [-0.1, -0.05) is 12.1 Å². The van der Waals surface area contributed by atoms with E-state index in [4.69, 9.17) is 4.74 Å². The maximum atomic E-state index is 13.0. The summed E-state index contributed by atoms with van der Waals surface area (Å²) in [6, 6.07) is 12.5. The highest BCUT2D eigenvalue weighted by Crippen LogP contribution is 2.19. The number of hydrogen-bond acceptors (Lipinski definition) is 3. The van der Waals surface area contributed by atoms with Crippen LogP contribution in [0.25, 0.3) is 0 Å². The maximum absolute atomic E-state index is 13.0. The summed E-state index contributed by atoms with van der Waals surface area (Å²) in [6.07, 6.45) is 0. The Bertz CT molecular complexity index is 710. The van der Waals surface area contributed by atoms with Crippen molar-refractivity contribution >= 4 is 11.7 Å². The van der Waals surface area contributed by atoms with Crippen LogP contribution in [0.4, 0.5) is 4.39 Å². The van der Waals surface area contributed by atoms with Crippen LogP contribution in [0.5, 0.6) is 5.75 Å². The summed E-state index contributed by atoms with van der Waals surface area (Å²) in [5.41, 5.74) is 1.44. The smallest absolute Gasteiger partial charge is 0.260 e. The molecule has 1 amide bonds. The van der Waals surface area contributed by atoms with Gasteiger partial charge in [-0.2, -0.15) is 0 Å². The van der Waals surface area contributed by atoms with E-state index in [9.17, 15) is 14.0 Å². The standard InChI is InChI=1S/C19H20FNO3/c1-13(15-4-8-17(20)9-5-15)21(3)19(23)12-24-18-10-6-16(7-11-18)14(2)22/h4-11,13H,12H2,1-3H3. The van der Waals surface area contributed by atoms with Crippen LogP contribution in [-0.4, -0.2) is 30.2 Å². The third-order valence-corrected chi connectivity index (χ3v) is 3.95. The Kier molecular flexibility index (Phi) is 5.68. The SMILES string of the molecule is CC(=O)c1ccc(OCC(=O)N(C)C(C)c2ccc(F)cc2)cc1. The Balaban J connectivity index is 1.93. The van der Waals surface area contributed by atoms with Crippen molar-refractivity contribution in [2.45, 2.75) is 19.9 Å². The molecule has 2 aromatic rings. The molecule has 0 aliphatic rings. The fourth-order valence-electron chi connectivity index (χ4n) is 2.21. The molecule has 5 heteroatoms. The number of likely N-dealkylation sites (N-methyl/N-ethyl adjacent to an activating group) is 1. The van der Waals surface area contributed by atoms with Crippen LogP contribution in [0.1, 0.15) is 35.8 Å². The second-order valence-electron chi connectivity index (χ2n) is 5.60. The van der Waals surface area contributed by atoms with Crippen molar-refractivity contribution in [3.63, 3.8) is 0 Å². The highest BCUT2D eigenvalue weighted by molar-refractivity contribution is 5.94. The zero-order chi connectivity index (χ0) is 17.7. The topological polar surface area (TPSA) is 46.6 Å². The lowest BCUT2D eigenvalue weighted by Crippen LogP contribution is -2.33. The number of amides is 1. The van der Waals surface area contributed by atoms with Gasteiger partial charge in [0.05, 0.1) is 6.04 Å². The molecule has 0 aliphatic carbocycles. The lowest BCUT2D eigenvalue weighted by molar-refractivity contribution is -0.134. The fourth-order valence-corrected chi connectivity index (χ4v) is 2.21. The summed E-state index contributed by atoms with van der Waals surface area (Å²) >= 11 is 0. The zero-order valence-corrected chi connectivity index (χ0v) is 14.0. The summed E-state index contributed by atoms with van der Waals surface area (Å²) in [5.74, 6) is 0.00130.